The number of rotatable bonds is 6. The Morgan fingerprint density at radius 1 is 1.17 bits per heavy atom. The predicted molar refractivity (Wildman–Crippen MR) is 101 cm³/mol. The van der Waals surface area contributed by atoms with E-state index >= 15 is 0 Å². The monoisotopic (exact) mass is 396 g/mol. The van der Waals surface area contributed by atoms with Crippen molar-refractivity contribution in [3.8, 4) is 11.3 Å². The average molecular weight is 396 g/mol. The van der Waals surface area contributed by atoms with E-state index in [0.717, 1.165) is 23.3 Å². The number of H-pyrrole nitrogens is 1. The molecule has 2 aromatic carbocycles. The van der Waals surface area contributed by atoms with E-state index in [-0.39, 0.29) is 12.1 Å². The molecule has 0 bridgehead atoms. The summed E-state index contributed by atoms with van der Waals surface area (Å²) in [5.74, 6) is -2.07. The highest BCUT2D eigenvalue weighted by Gasteiger charge is 2.40. The number of halogens is 2. The van der Waals surface area contributed by atoms with E-state index in [1.54, 1.807) is 13.1 Å². The van der Waals surface area contributed by atoms with E-state index in [1.807, 2.05) is 24.3 Å². The average Bonchev–Trinajstić information content (AvgIpc) is 3.41. The summed E-state index contributed by atoms with van der Waals surface area (Å²) in [6.07, 6.45) is 4.44. The summed E-state index contributed by atoms with van der Waals surface area (Å²) in [4.78, 5) is 3.88. The maximum atomic E-state index is 14.6. The van der Waals surface area contributed by atoms with Gasteiger partial charge in [0.15, 0.2) is 0 Å². The Morgan fingerprint density at radius 2 is 1.97 bits per heavy atom. The molecule has 2 atom stereocenters. The van der Waals surface area contributed by atoms with E-state index in [0.29, 0.717) is 5.69 Å². The lowest BCUT2D eigenvalue weighted by molar-refractivity contribution is -0.0112. The molecule has 4 aromatic rings. The molecule has 2 N–H and O–H groups in total. The van der Waals surface area contributed by atoms with Gasteiger partial charge in [-0.15, -0.1) is 5.10 Å². The Bertz CT molecular complexity index is 1080. The summed E-state index contributed by atoms with van der Waals surface area (Å²) in [5, 5.41) is 26.0. The lowest BCUT2D eigenvalue weighted by Crippen LogP contribution is -2.38. The standard InChI is InChI=1S/C20H18F2N6O/c1-13(14-2-4-15(5-3-14)19-9-24-27-26-19)20(29,10-28-12-23-11-25-28)17-7-6-16(21)8-18(17)22/h2-9,11-13,29H,10H2,1H3,(H,24,26,27)/t13-,20+/m1/s1. The molecule has 2 heterocycles. The highest BCUT2D eigenvalue weighted by atomic mass is 19.1. The quantitative estimate of drug-likeness (QED) is 0.523. The minimum absolute atomic E-state index is 0.0116. The molecular weight excluding hydrogens is 378 g/mol. The first kappa shape index (κ1) is 18.9. The maximum absolute atomic E-state index is 14.6. The molecule has 0 aliphatic heterocycles. The summed E-state index contributed by atoms with van der Waals surface area (Å²) in [7, 11) is 0. The highest BCUT2D eigenvalue weighted by molar-refractivity contribution is 5.58. The lowest BCUT2D eigenvalue weighted by Gasteiger charge is -2.35. The molecule has 0 spiro atoms. The fourth-order valence-corrected chi connectivity index (χ4v) is 3.42. The zero-order valence-corrected chi connectivity index (χ0v) is 15.5. The van der Waals surface area contributed by atoms with Gasteiger partial charge in [0.1, 0.15) is 35.6 Å². The number of aromatic nitrogens is 6. The van der Waals surface area contributed by atoms with Gasteiger partial charge < -0.3 is 5.11 Å². The molecule has 9 heteroatoms. The fraction of sp³-hybridized carbons (Fsp3) is 0.200. The summed E-state index contributed by atoms with van der Waals surface area (Å²) in [6.45, 7) is 1.73. The third kappa shape index (κ3) is 3.64. The van der Waals surface area contributed by atoms with Crippen LogP contribution in [-0.2, 0) is 12.1 Å². The van der Waals surface area contributed by atoms with E-state index in [1.165, 1.54) is 23.4 Å². The minimum atomic E-state index is -1.69. The summed E-state index contributed by atoms with van der Waals surface area (Å²) in [5.41, 5.74) is 0.598. The van der Waals surface area contributed by atoms with Crippen molar-refractivity contribution in [1.82, 2.24) is 30.2 Å². The van der Waals surface area contributed by atoms with Crippen molar-refractivity contribution in [2.45, 2.75) is 25.0 Å². The van der Waals surface area contributed by atoms with Crippen molar-refractivity contribution in [1.29, 1.82) is 0 Å². The molecule has 0 aliphatic rings. The fourth-order valence-electron chi connectivity index (χ4n) is 3.42. The molecule has 0 radical (unpaired) electrons. The Hall–Kier alpha value is -3.46. The van der Waals surface area contributed by atoms with Crippen LogP contribution in [0.4, 0.5) is 8.78 Å². The molecule has 4 rings (SSSR count). The summed E-state index contributed by atoms with van der Waals surface area (Å²) >= 11 is 0. The number of nitrogens with zero attached hydrogens (tertiary/aromatic N) is 5. The number of benzene rings is 2. The molecular formula is C20H18F2N6O. The van der Waals surface area contributed by atoms with E-state index in [9.17, 15) is 13.9 Å². The van der Waals surface area contributed by atoms with Gasteiger partial charge >= 0.3 is 0 Å². The van der Waals surface area contributed by atoms with Gasteiger partial charge in [0, 0.05) is 29.3 Å². The summed E-state index contributed by atoms with van der Waals surface area (Å²) < 4.78 is 29.5. The normalized spacial score (nSPS) is 14.5. The Kier molecular flexibility index (Phi) is 4.89. The van der Waals surface area contributed by atoms with Crippen molar-refractivity contribution in [2.75, 3.05) is 0 Å². The van der Waals surface area contributed by atoms with Gasteiger partial charge in [-0.25, -0.2) is 18.4 Å². The van der Waals surface area contributed by atoms with E-state index < -0.39 is 23.2 Å². The predicted octanol–water partition coefficient (Wildman–Crippen LogP) is 3.03. The number of aromatic amines is 1. The molecule has 7 nitrogen and oxygen atoms in total. The van der Waals surface area contributed by atoms with E-state index in [2.05, 4.69) is 25.5 Å². The zero-order chi connectivity index (χ0) is 20.4. The molecule has 0 aliphatic carbocycles. The molecule has 2 aromatic heterocycles. The molecule has 148 valence electrons. The van der Waals surface area contributed by atoms with Crippen molar-refractivity contribution < 1.29 is 13.9 Å². The van der Waals surface area contributed by atoms with Gasteiger partial charge in [0.05, 0.1) is 6.54 Å². The van der Waals surface area contributed by atoms with Gasteiger partial charge in [-0.2, -0.15) is 5.10 Å². The Balaban J connectivity index is 1.74. The third-order valence-corrected chi connectivity index (χ3v) is 5.11. The van der Waals surface area contributed by atoms with Crippen molar-refractivity contribution in [2.24, 2.45) is 0 Å². The van der Waals surface area contributed by atoms with Crippen LogP contribution in [0.25, 0.3) is 11.3 Å². The van der Waals surface area contributed by atoms with Crippen LogP contribution in [0.3, 0.4) is 0 Å². The first-order valence-electron chi connectivity index (χ1n) is 8.94. The summed E-state index contributed by atoms with van der Waals surface area (Å²) in [6, 6.07) is 10.5. The van der Waals surface area contributed by atoms with Gasteiger partial charge in [-0.05, 0) is 11.6 Å². The molecule has 0 saturated carbocycles. The lowest BCUT2D eigenvalue weighted by atomic mass is 9.78. The van der Waals surface area contributed by atoms with Crippen LogP contribution in [0, 0.1) is 11.6 Å². The topological polar surface area (TPSA) is 92.5 Å². The number of nitrogens with one attached hydrogen (secondary N) is 1. The van der Waals surface area contributed by atoms with Crippen molar-refractivity contribution in [3.05, 3.63) is 84.1 Å². The zero-order valence-electron chi connectivity index (χ0n) is 15.5. The molecule has 0 unspecified atom stereocenters. The smallest absolute Gasteiger partial charge is 0.137 e. The molecule has 29 heavy (non-hydrogen) atoms. The number of hydrogen-bond donors (Lipinski definition) is 2. The van der Waals surface area contributed by atoms with Gasteiger partial charge in [-0.3, -0.25) is 5.10 Å². The Morgan fingerprint density at radius 3 is 2.59 bits per heavy atom. The third-order valence-electron chi connectivity index (χ3n) is 5.11. The first-order valence-corrected chi connectivity index (χ1v) is 8.94. The van der Waals surface area contributed by atoms with Gasteiger partial charge in [0.25, 0.3) is 0 Å². The Labute approximate surface area is 165 Å². The second-order valence-corrected chi connectivity index (χ2v) is 6.84. The maximum Gasteiger partial charge on any atom is 0.137 e. The van der Waals surface area contributed by atoms with Gasteiger partial charge in [-0.1, -0.05) is 42.5 Å². The second kappa shape index (κ2) is 7.51. The minimum Gasteiger partial charge on any atom is -0.382 e. The van der Waals surface area contributed by atoms with Crippen LogP contribution in [0.15, 0.2) is 61.3 Å². The highest BCUT2D eigenvalue weighted by Crippen LogP contribution is 2.40. The molecule has 0 saturated heterocycles. The largest absolute Gasteiger partial charge is 0.382 e. The molecule has 0 fully saturated rings. The van der Waals surface area contributed by atoms with Crippen LogP contribution in [-0.4, -0.2) is 35.3 Å². The van der Waals surface area contributed by atoms with E-state index in [4.69, 9.17) is 0 Å². The van der Waals surface area contributed by atoms with Crippen molar-refractivity contribution >= 4 is 0 Å². The van der Waals surface area contributed by atoms with Crippen LogP contribution in [0.2, 0.25) is 0 Å². The first-order chi connectivity index (χ1) is 14.0. The van der Waals surface area contributed by atoms with Gasteiger partial charge in [0.2, 0.25) is 0 Å². The van der Waals surface area contributed by atoms with Crippen LogP contribution >= 0.6 is 0 Å². The van der Waals surface area contributed by atoms with Crippen LogP contribution in [0.1, 0.15) is 24.0 Å². The second-order valence-electron chi connectivity index (χ2n) is 6.84. The van der Waals surface area contributed by atoms with Crippen LogP contribution in [0.5, 0.6) is 0 Å². The number of hydrogen-bond acceptors (Lipinski definition) is 5. The SMILES string of the molecule is C[C@H](c1ccc(-c2c[nH]nn2)cc1)[C@@](O)(Cn1cncn1)c1ccc(F)cc1F. The number of aliphatic hydroxyl groups is 1. The molecule has 0 amide bonds. The van der Waals surface area contributed by atoms with Crippen LogP contribution < -0.4 is 0 Å². The van der Waals surface area contributed by atoms with Crippen molar-refractivity contribution in [3.63, 3.8) is 0 Å².